The van der Waals surface area contributed by atoms with E-state index in [4.69, 9.17) is 0 Å². The van der Waals surface area contributed by atoms with E-state index in [2.05, 4.69) is 24.1 Å². The zero-order chi connectivity index (χ0) is 12.7. The molecule has 2 N–H and O–H groups in total. The molecule has 1 aliphatic rings. The van der Waals surface area contributed by atoms with Crippen LogP contribution in [0.4, 0.5) is 0 Å². The van der Waals surface area contributed by atoms with Gasteiger partial charge in [0.25, 0.3) is 0 Å². The minimum Gasteiger partial charge on any atom is -0.394 e. The van der Waals surface area contributed by atoms with Crippen LogP contribution in [0.2, 0.25) is 0 Å². The molecule has 0 amide bonds. The fraction of sp³-hybridized carbons (Fsp3) is 1.00. The summed E-state index contributed by atoms with van der Waals surface area (Å²) in [5.74, 6) is 0. The molecule has 2 atom stereocenters. The van der Waals surface area contributed by atoms with Crippen molar-refractivity contribution in [1.29, 1.82) is 0 Å². The molecule has 17 heavy (non-hydrogen) atoms. The highest BCUT2D eigenvalue weighted by Gasteiger charge is 2.25. The van der Waals surface area contributed by atoms with Crippen molar-refractivity contribution < 1.29 is 5.11 Å². The third-order valence-corrected chi connectivity index (χ3v) is 4.55. The van der Waals surface area contributed by atoms with Crippen molar-refractivity contribution in [1.82, 2.24) is 10.2 Å². The predicted molar refractivity (Wildman–Crippen MR) is 73.3 cm³/mol. The number of hydrogen-bond acceptors (Lipinski definition) is 3. The van der Waals surface area contributed by atoms with Crippen molar-refractivity contribution in [3.8, 4) is 0 Å². The lowest BCUT2D eigenvalue weighted by Gasteiger charge is -2.35. The molecular formula is C14H30N2O. The zero-order valence-electron chi connectivity index (χ0n) is 11.8. The van der Waals surface area contributed by atoms with Crippen molar-refractivity contribution in [2.45, 2.75) is 64.0 Å². The normalized spacial score (nSPS) is 25.8. The van der Waals surface area contributed by atoms with Crippen LogP contribution in [0.1, 0.15) is 52.4 Å². The van der Waals surface area contributed by atoms with Gasteiger partial charge in [0.05, 0.1) is 6.61 Å². The van der Waals surface area contributed by atoms with Crippen LogP contribution in [0.25, 0.3) is 0 Å². The van der Waals surface area contributed by atoms with Gasteiger partial charge in [0.2, 0.25) is 0 Å². The lowest BCUT2D eigenvalue weighted by molar-refractivity contribution is 0.127. The Morgan fingerprint density at radius 1 is 1.41 bits per heavy atom. The molecule has 1 rings (SSSR count). The average Bonchev–Trinajstić information content (AvgIpc) is 2.37. The minimum atomic E-state index is -0.0565. The summed E-state index contributed by atoms with van der Waals surface area (Å²) < 4.78 is 0. The molecule has 1 heterocycles. The Kier molecular flexibility index (Phi) is 6.45. The maximum atomic E-state index is 9.49. The van der Waals surface area contributed by atoms with Crippen molar-refractivity contribution in [3.63, 3.8) is 0 Å². The van der Waals surface area contributed by atoms with Crippen LogP contribution >= 0.6 is 0 Å². The molecule has 0 aromatic rings. The van der Waals surface area contributed by atoms with Crippen molar-refractivity contribution in [2.24, 2.45) is 0 Å². The highest BCUT2D eigenvalue weighted by atomic mass is 16.3. The number of rotatable bonds is 7. The number of aliphatic hydroxyl groups is 1. The van der Waals surface area contributed by atoms with E-state index < -0.39 is 0 Å². The monoisotopic (exact) mass is 242 g/mol. The molecule has 1 saturated heterocycles. The van der Waals surface area contributed by atoms with Crippen LogP contribution in [0.5, 0.6) is 0 Å². The Morgan fingerprint density at radius 2 is 2.18 bits per heavy atom. The van der Waals surface area contributed by atoms with E-state index in [-0.39, 0.29) is 12.1 Å². The largest absolute Gasteiger partial charge is 0.394 e. The van der Waals surface area contributed by atoms with E-state index in [1.54, 1.807) is 0 Å². The van der Waals surface area contributed by atoms with Gasteiger partial charge in [0.15, 0.2) is 0 Å². The summed E-state index contributed by atoms with van der Waals surface area (Å²) in [6.07, 6.45) is 7.35. The second kappa shape index (κ2) is 7.34. The van der Waals surface area contributed by atoms with Crippen LogP contribution in [0.15, 0.2) is 0 Å². The molecule has 2 unspecified atom stereocenters. The van der Waals surface area contributed by atoms with E-state index in [0.717, 1.165) is 18.9 Å². The Labute approximate surface area is 107 Å². The summed E-state index contributed by atoms with van der Waals surface area (Å²) in [7, 11) is 1.96. The van der Waals surface area contributed by atoms with Crippen LogP contribution in [0.3, 0.4) is 0 Å². The Morgan fingerprint density at radius 3 is 2.71 bits per heavy atom. The number of likely N-dealkylation sites (tertiary alicyclic amines) is 1. The van der Waals surface area contributed by atoms with Gasteiger partial charge in [-0.3, -0.25) is 0 Å². The molecule has 0 saturated carbocycles. The number of piperidine rings is 1. The van der Waals surface area contributed by atoms with E-state index in [1.165, 1.54) is 38.8 Å². The summed E-state index contributed by atoms with van der Waals surface area (Å²) in [6, 6.07) is 0.753. The molecule has 102 valence electrons. The molecule has 0 spiro atoms. The first-order valence-corrected chi connectivity index (χ1v) is 7.21. The van der Waals surface area contributed by atoms with Gasteiger partial charge in [0.1, 0.15) is 0 Å². The number of nitrogens with zero attached hydrogens (tertiary/aromatic N) is 1. The van der Waals surface area contributed by atoms with Gasteiger partial charge in [-0.05, 0) is 59.2 Å². The van der Waals surface area contributed by atoms with E-state index in [0.29, 0.717) is 0 Å². The highest BCUT2D eigenvalue weighted by Crippen LogP contribution is 2.20. The van der Waals surface area contributed by atoms with Gasteiger partial charge in [-0.1, -0.05) is 13.3 Å². The van der Waals surface area contributed by atoms with Gasteiger partial charge in [-0.2, -0.15) is 0 Å². The minimum absolute atomic E-state index is 0.0565. The maximum absolute atomic E-state index is 9.49. The van der Waals surface area contributed by atoms with Crippen molar-refractivity contribution in [2.75, 3.05) is 26.7 Å². The van der Waals surface area contributed by atoms with Gasteiger partial charge < -0.3 is 15.3 Å². The summed E-state index contributed by atoms with van der Waals surface area (Å²) in [5, 5.41) is 12.8. The van der Waals surface area contributed by atoms with Gasteiger partial charge in [-0.25, -0.2) is 0 Å². The number of aliphatic hydroxyl groups excluding tert-OH is 1. The molecule has 1 fully saturated rings. The van der Waals surface area contributed by atoms with Crippen LogP contribution in [0, 0.1) is 0 Å². The van der Waals surface area contributed by atoms with E-state index in [9.17, 15) is 5.11 Å². The second-order valence-electron chi connectivity index (χ2n) is 5.53. The van der Waals surface area contributed by atoms with Gasteiger partial charge in [-0.15, -0.1) is 0 Å². The smallest absolute Gasteiger partial charge is 0.0613 e. The average molecular weight is 242 g/mol. The van der Waals surface area contributed by atoms with E-state index >= 15 is 0 Å². The lowest BCUT2D eigenvalue weighted by Crippen LogP contribution is -2.47. The van der Waals surface area contributed by atoms with Crippen LogP contribution in [-0.4, -0.2) is 48.3 Å². The summed E-state index contributed by atoms with van der Waals surface area (Å²) in [6.45, 7) is 7.19. The quantitative estimate of drug-likeness (QED) is 0.717. The number of hydrogen-bond donors (Lipinski definition) is 2. The predicted octanol–water partition coefficient (Wildman–Crippen LogP) is 2.00. The molecule has 3 nitrogen and oxygen atoms in total. The summed E-state index contributed by atoms with van der Waals surface area (Å²) in [4.78, 5) is 2.61. The van der Waals surface area contributed by atoms with Gasteiger partial charge in [0, 0.05) is 11.6 Å². The molecule has 0 aromatic heterocycles. The van der Waals surface area contributed by atoms with Crippen LogP contribution < -0.4 is 5.32 Å². The molecule has 0 aromatic carbocycles. The van der Waals surface area contributed by atoms with Crippen molar-refractivity contribution >= 4 is 0 Å². The molecule has 0 bridgehead atoms. The SMILES string of the molecule is CCC(CO)(CCCN1CCCCC1C)NC. The molecular weight excluding hydrogens is 212 g/mol. The first-order valence-electron chi connectivity index (χ1n) is 7.21. The third-order valence-electron chi connectivity index (χ3n) is 4.55. The second-order valence-corrected chi connectivity index (χ2v) is 5.53. The summed E-state index contributed by atoms with van der Waals surface area (Å²) >= 11 is 0. The Hall–Kier alpha value is -0.120. The topological polar surface area (TPSA) is 35.5 Å². The zero-order valence-corrected chi connectivity index (χ0v) is 11.8. The third kappa shape index (κ3) is 4.23. The molecule has 0 radical (unpaired) electrons. The maximum Gasteiger partial charge on any atom is 0.0613 e. The van der Waals surface area contributed by atoms with Crippen molar-refractivity contribution in [3.05, 3.63) is 0 Å². The Bertz CT molecular complexity index is 196. The standard InChI is InChI=1S/C14H30N2O/c1-4-14(12-17,15-3)9-7-11-16-10-6-5-8-13(16)2/h13,15,17H,4-12H2,1-3H3. The molecule has 0 aliphatic carbocycles. The summed E-state index contributed by atoms with van der Waals surface area (Å²) in [5.41, 5.74) is -0.0565. The fourth-order valence-corrected chi connectivity index (χ4v) is 2.86. The number of nitrogens with one attached hydrogen (secondary N) is 1. The highest BCUT2D eigenvalue weighted by molar-refractivity contribution is 4.85. The van der Waals surface area contributed by atoms with Crippen LogP contribution in [-0.2, 0) is 0 Å². The first kappa shape index (κ1) is 14.9. The van der Waals surface area contributed by atoms with E-state index in [1.807, 2.05) is 7.05 Å². The first-order chi connectivity index (χ1) is 8.17. The Balaban J connectivity index is 2.30. The number of likely N-dealkylation sites (N-methyl/N-ethyl adjacent to an activating group) is 1. The van der Waals surface area contributed by atoms with Gasteiger partial charge >= 0.3 is 0 Å². The lowest BCUT2D eigenvalue weighted by atomic mass is 9.91. The molecule has 1 aliphatic heterocycles. The fourth-order valence-electron chi connectivity index (χ4n) is 2.86. The molecule has 3 heteroatoms.